The molecule has 1 aliphatic rings. The van der Waals surface area contributed by atoms with Crippen LogP contribution in [0.15, 0.2) is 24.3 Å². The van der Waals surface area contributed by atoms with Crippen LogP contribution >= 0.6 is 0 Å². The lowest BCUT2D eigenvalue weighted by atomic mass is 9.84. The molecule has 1 saturated heterocycles. The number of likely N-dealkylation sites (tertiary alicyclic amines) is 1. The molecule has 3 rings (SSSR count). The highest BCUT2D eigenvalue weighted by Gasteiger charge is 2.34. The molecular weight excluding hydrogens is 375 g/mol. The van der Waals surface area contributed by atoms with Crippen molar-refractivity contribution >= 4 is 5.97 Å². The summed E-state index contributed by atoms with van der Waals surface area (Å²) < 4.78 is 24.2. The number of ether oxygens (including phenoxy) is 2. The van der Waals surface area contributed by atoms with E-state index in [1.54, 1.807) is 19.1 Å². The number of piperidine rings is 1. The van der Waals surface area contributed by atoms with Gasteiger partial charge in [-0.2, -0.15) is 0 Å². The average molecular weight is 404 g/mol. The van der Waals surface area contributed by atoms with Crippen LogP contribution in [0.1, 0.15) is 47.1 Å². The van der Waals surface area contributed by atoms with Crippen molar-refractivity contribution in [2.45, 2.75) is 39.2 Å². The monoisotopic (exact) mass is 404 g/mol. The van der Waals surface area contributed by atoms with Crippen molar-refractivity contribution in [3.63, 3.8) is 0 Å². The molecule has 0 spiro atoms. The van der Waals surface area contributed by atoms with Crippen LogP contribution < -0.4 is 4.74 Å². The molecule has 1 aromatic carbocycles. The smallest absolute Gasteiger partial charge is 0.358 e. The first kappa shape index (κ1) is 21.3. The number of aryl methyl sites for hydroxylation is 1. The van der Waals surface area contributed by atoms with Crippen LogP contribution in [-0.2, 0) is 10.3 Å². The van der Waals surface area contributed by atoms with E-state index in [0.717, 1.165) is 16.8 Å². The Hall–Kier alpha value is -2.38. The molecule has 1 fully saturated rings. The first-order valence-electron chi connectivity index (χ1n) is 10.0. The van der Waals surface area contributed by atoms with Gasteiger partial charge in [0.2, 0.25) is 0 Å². The minimum atomic E-state index is -0.920. The SMILES string of the molecule is CCOC(=O)c1[nH]c(C)c(C)c1OCCN1CCC(O)(c2ccc(F)cc2)CC1. The van der Waals surface area contributed by atoms with Gasteiger partial charge in [-0.15, -0.1) is 0 Å². The number of halogens is 1. The summed E-state index contributed by atoms with van der Waals surface area (Å²) in [7, 11) is 0. The number of carbonyl (C=O) groups is 1. The highest BCUT2D eigenvalue weighted by atomic mass is 19.1. The van der Waals surface area contributed by atoms with Gasteiger partial charge < -0.3 is 19.6 Å². The second-order valence-electron chi connectivity index (χ2n) is 7.53. The van der Waals surface area contributed by atoms with Crippen molar-refractivity contribution in [1.82, 2.24) is 9.88 Å². The second-order valence-corrected chi connectivity index (χ2v) is 7.53. The van der Waals surface area contributed by atoms with Crippen LogP contribution in [-0.4, -0.2) is 53.8 Å². The number of rotatable bonds is 7. The fraction of sp³-hybridized carbons (Fsp3) is 0.500. The van der Waals surface area contributed by atoms with Gasteiger partial charge in [-0.05, 0) is 51.3 Å². The number of aliphatic hydroxyl groups is 1. The van der Waals surface area contributed by atoms with Gasteiger partial charge in [0.05, 0.1) is 12.2 Å². The summed E-state index contributed by atoms with van der Waals surface area (Å²) >= 11 is 0. The third-order valence-corrected chi connectivity index (χ3v) is 5.64. The molecule has 0 unspecified atom stereocenters. The minimum absolute atomic E-state index is 0.301. The molecule has 2 N–H and O–H groups in total. The summed E-state index contributed by atoms with van der Waals surface area (Å²) in [5.41, 5.74) is 1.97. The van der Waals surface area contributed by atoms with Gasteiger partial charge in [0.25, 0.3) is 0 Å². The molecule has 7 heteroatoms. The van der Waals surface area contributed by atoms with Crippen molar-refractivity contribution in [2.75, 3.05) is 32.8 Å². The van der Waals surface area contributed by atoms with E-state index in [0.29, 0.717) is 57.1 Å². The molecule has 2 heterocycles. The maximum atomic E-state index is 13.1. The topological polar surface area (TPSA) is 74.8 Å². The van der Waals surface area contributed by atoms with Crippen LogP contribution in [0, 0.1) is 19.7 Å². The number of H-pyrrole nitrogens is 1. The maximum absolute atomic E-state index is 13.1. The standard InChI is InChI=1S/C22H29FN2O4/c1-4-28-21(26)19-20(15(2)16(3)24-19)29-14-13-25-11-9-22(27,10-12-25)17-5-7-18(23)8-6-17/h5-8,24,27H,4,9-14H2,1-3H3. The zero-order valence-corrected chi connectivity index (χ0v) is 17.3. The molecule has 0 atom stereocenters. The highest BCUT2D eigenvalue weighted by Crippen LogP contribution is 2.33. The molecular formula is C22H29FN2O4. The van der Waals surface area contributed by atoms with Gasteiger partial charge in [-0.1, -0.05) is 12.1 Å². The molecule has 29 heavy (non-hydrogen) atoms. The molecule has 1 aromatic heterocycles. The van der Waals surface area contributed by atoms with Crippen LogP contribution in [0.5, 0.6) is 5.75 Å². The van der Waals surface area contributed by atoms with Gasteiger partial charge in [0, 0.05) is 30.9 Å². The Labute approximate surface area is 170 Å². The molecule has 0 amide bonds. The Bertz CT molecular complexity index is 839. The highest BCUT2D eigenvalue weighted by molar-refractivity contribution is 5.91. The lowest BCUT2D eigenvalue weighted by molar-refractivity contribution is -0.0279. The number of nitrogens with one attached hydrogen (secondary N) is 1. The zero-order chi connectivity index (χ0) is 21.0. The summed E-state index contributed by atoms with van der Waals surface area (Å²) in [4.78, 5) is 17.4. The Balaban J connectivity index is 1.54. The Kier molecular flexibility index (Phi) is 6.59. The van der Waals surface area contributed by atoms with Crippen LogP contribution in [0.3, 0.4) is 0 Å². The maximum Gasteiger partial charge on any atom is 0.358 e. The fourth-order valence-electron chi connectivity index (χ4n) is 3.70. The number of nitrogens with zero attached hydrogens (tertiary/aromatic N) is 1. The van der Waals surface area contributed by atoms with Crippen LogP contribution in [0.4, 0.5) is 4.39 Å². The zero-order valence-electron chi connectivity index (χ0n) is 17.3. The van der Waals surface area contributed by atoms with E-state index in [-0.39, 0.29) is 5.82 Å². The summed E-state index contributed by atoms with van der Waals surface area (Å²) in [6.07, 6.45) is 1.16. The van der Waals surface area contributed by atoms with E-state index in [1.807, 2.05) is 13.8 Å². The molecule has 0 aliphatic carbocycles. The predicted molar refractivity (Wildman–Crippen MR) is 108 cm³/mol. The van der Waals surface area contributed by atoms with E-state index in [4.69, 9.17) is 9.47 Å². The minimum Gasteiger partial charge on any atom is -0.489 e. The van der Waals surface area contributed by atoms with E-state index >= 15 is 0 Å². The first-order chi connectivity index (χ1) is 13.8. The van der Waals surface area contributed by atoms with Crippen molar-refractivity contribution in [3.8, 4) is 5.75 Å². The molecule has 0 radical (unpaired) electrons. The van der Waals surface area contributed by atoms with Crippen molar-refractivity contribution in [3.05, 3.63) is 52.6 Å². The predicted octanol–water partition coefficient (Wildman–Crippen LogP) is 3.31. The fourth-order valence-corrected chi connectivity index (χ4v) is 3.70. The number of hydrogen-bond acceptors (Lipinski definition) is 5. The normalized spacial score (nSPS) is 16.6. The first-order valence-corrected chi connectivity index (χ1v) is 10.0. The number of esters is 1. The van der Waals surface area contributed by atoms with Crippen LogP contribution in [0.25, 0.3) is 0 Å². The van der Waals surface area contributed by atoms with E-state index < -0.39 is 11.6 Å². The summed E-state index contributed by atoms with van der Waals surface area (Å²) in [6, 6.07) is 6.08. The summed E-state index contributed by atoms with van der Waals surface area (Å²) in [5, 5.41) is 10.9. The molecule has 6 nitrogen and oxygen atoms in total. The Morgan fingerprint density at radius 3 is 2.52 bits per heavy atom. The van der Waals surface area contributed by atoms with Gasteiger partial charge in [0.1, 0.15) is 12.4 Å². The Morgan fingerprint density at radius 1 is 1.24 bits per heavy atom. The molecule has 2 aromatic rings. The van der Waals surface area contributed by atoms with Gasteiger partial charge in [0.15, 0.2) is 11.4 Å². The molecule has 0 saturated carbocycles. The van der Waals surface area contributed by atoms with Crippen molar-refractivity contribution in [1.29, 1.82) is 0 Å². The lowest BCUT2D eigenvalue weighted by Gasteiger charge is -2.38. The lowest BCUT2D eigenvalue weighted by Crippen LogP contribution is -2.43. The number of carbonyl (C=O) groups excluding carboxylic acids is 1. The third kappa shape index (κ3) is 4.79. The number of hydrogen-bond donors (Lipinski definition) is 2. The summed E-state index contributed by atoms with van der Waals surface area (Å²) in [6.45, 7) is 8.43. The number of aromatic amines is 1. The third-order valence-electron chi connectivity index (χ3n) is 5.64. The second kappa shape index (κ2) is 8.97. The van der Waals surface area contributed by atoms with Crippen molar-refractivity contribution in [2.24, 2.45) is 0 Å². The quantitative estimate of drug-likeness (QED) is 0.693. The molecule has 1 aliphatic heterocycles. The van der Waals surface area contributed by atoms with Crippen LogP contribution in [0.2, 0.25) is 0 Å². The molecule has 0 bridgehead atoms. The van der Waals surface area contributed by atoms with E-state index in [9.17, 15) is 14.3 Å². The van der Waals surface area contributed by atoms with E-state index in [1.165, 1.54) is 12.1 Å². The Morgan fingerprint density at radius 2 is 1.90 bits per heavy atom. The largest absolute Gasteiger partial charge is 0.489 e. The molecule has 158 valence electrons. The number of benzene rings is 1. The van der Waals surface area contributed by atoms with Gasteiger partial charge in [-0.25, -0.2) is 9.18 Å². The summed E-state index contributed by atoms with van der Waals surface area (Å²) in [5.74, 6) is -0.175. The van der Waals surface area contributed by atoms with Crippen molar-refractivity contribution < 1.29 is 23.8 Å². The average Bonchev–Trinajstić information content (AvgIpc) is 2.99. The van der Waals surface area contributed by atoms with E-state index in [2.05, 4.69) is 9.88 Å². The van der Waals surface area contributed by atoms with Gasteiger partial charge >= 0.3 is 5.97 Å². The van der Waals surface area contributed by atoms with Gasteiger partial charge in [-0.3, -0.25) is 4.90 Å². The number of aromatic nitrogens is 1.